The van der Waals surface area contributed by atoms with E-state index in [1.54, 1.807) is 0 Å². The molecular formula is C27H26N2O3. The summed E-state index contributed by atoms with van der Waals surface area (Å²) in [5, 5.41) is 0. The van der Waals surface area contributed by atoms with Gasteiger partial charge < -0.3 is 4.74 Å². The van der Waals surface area contributed by atoms with Gasteiger partial charge in [-0.1, -0.05) is 91.0 Å². The molecule has 162 valence electrons. The Morgan fingerprint density at radius 1 is 0.844 bits per heavy atom. The number of aliphatic imine (C=N–C) groups is 1. The molecule has 0 fully saturated rings. The SMILES string of the molecule is COC(=O)C(Cc1ccccc1)N1C=NC(Cc2ccccc2)(Cc2ccccc2)C1=O. The Hall–Kier alpha value is -3.73. The van der Waals surface area contributed by atoms with Gasteiger partial charge in [-0.25, -0.2) is 4.79 Å². The predicted octanol–water partition coefficient (Wildman–Crippen LogP) is 3.87. The Morgan fingerprint density at radius 3 is 1.78 bits per heavy atom. The Balaban J connectivity index is 1.67. The maximum Gasteiger partial charge on any atom is 0.329 e. The van der Waals surface area contributed by atoms with E-state index < -0.39 is 17.6 Å². The summed E-state index contributed by atoms with van der Waals surface area (Å²) in [4.78, 5) is 32.8. The van der Waals surface area contributed by atoms with Gasteiger partial charge in [0.05, 0.1) is 13.4 Å². The summed E-state index contributed by atoms with van der Waals surface area (Å²) in [6, 6.07) is 28.6. The highest BCUT2D eigenvalue weighted by Gasteiger charge is 2.48. The Bertz CT molecular complexity index is 1040. The summed E-state index contributed by atoms with van der Waals surface area (Å²) in [6.45, 7) is 0. The summed E-state index contributed by atoms with van der Waals surface area (Å²) in [5.74, 6) is -0.639. The average Bonchev–Trinajstić information content (AvgIpc) is 3.14. The quantitative estimate of drug-likeness (QED) is 0.514. The fourth-order valence-electron chi connectivity index (χ4n) is 4.18. The van der Waals surface area contributed by atoms with E-state index in [-0.39, 0.29) is 5.91 Å². The zero-order valence-corrected chi connectivity index (χ0v) is 18.1. The third-order valence-corrected chi connectivity index (χ3v) is 5.82. The van der Waals surface area contributed by atoms with Crippen LogP contribution in [-0.4, -0.2) is 41.8 Å². The van der Waals surface area contributed by atoms with Gasteiger partial charge >= 0.3 is 5.97 Å². The molecule has 5 nitrogen and oxygen atoms in total. The zero-order chi connectivity index (χ0) is 22.4. The molecule has 0 spiro atoms. The van der Waals surface area contributed by atoms with Gasteiger partial charge in [0.2, 0.25) is 0 Å². The van der Waals surface area contributed by atoms with Crippen LogP contribution in [0.1, 0.15) is 16.7 Å². The van der Waals surface area contributed by atoms with Gasteiger partial charge in [-0.3, -0.25) is 14.7 Å². The highest BCUT2D eigenvalue weighted by Crippen LogP contribution is 2.31. The van der Waals surface area contributed by atoms with E-state index in [1.807, 2.05) is 91.0 Å². The van der Waals surface area contributed by atoms with Crippen LogP contribution in [0.15, 0.2) is 96.0 Å². The van der Waals surface area contributed by atoms with E-state index in [9.17, 15) is 9.59 Å². The van der Waals surface area contributed by atoms with Gasteiger partial charge in [0.15, 0.2) is 0 Å². The smallest absolute Gasteiger partial charge is 0.329 e. The van der Waals surface area contributed by atoms with Crippen LogP contribution in [0.25, 0.3) is 0 Å². The molecular weight excluding hydrogens is 400 g/mol. The lowest BCUT2D eigenvalue weighted by Crippen LogP contribution is -2.51. The van der Waals surface area contributed by atoms with Gasteiger partial charge in [-0.2, -0.15) is 0 Å². The molecule has 0 N–H and O–H groups in total. The molecule has 1 amide bonds. The normalized spacial score (nSPS) is 15.5. The molecule has 1 unspecified atom stereocenters. The molecule has 1 heterocycles. The number of rotatable bonds is 8. The molecule has 1 atom stereocenters. The fourth-order valence-corrected chi connectivity index (χ4v) is 4.18. The van der Waals surface area contributed by atoms with Crippen molar-refractivity contribution in [1.29, 1.82) is 0 Å². The number of ether oxygens (including phenoxy) is 1. The largest absolute Gasteiger partial charge is 0.467 e. The molecule has 0 aliphatic carbocycles. The molecule has 3 aromatic rings. The van der Waals surface area contributed by atoms with Crippen molar-refractivity contribution >= 4 is 18.2 Å². The van der Waals surface area contributed by atoms with Crippen molar-refractivity contribution < 1.29 is 14.3 Å². The average molecular weight is 427 g/mol. The van der Waals surface area contributed by atoms with Gasteiger partial charge in [0.1, 0.15) is 11.6 Å². The monoisotopic (exact) mass is 426 g/mol. The van der Waals surface area contributed by atoms with Crippen molar-refractivity contribution in [1.82, 2.24) is 4.90 Å². The molecule has 0 bridgehead atoms. The van der Waals surface area contributed by atoms with Crippen molar-refractivity contribution in [2.75, 3.05) is 7.11 Å². The second-order valence-electron chi connectivity index (χ2n) is 8.04. The number of hydrogen-bond acceptors (Lipinski definition) is 4. The van der Waals surface area contributed by atoms with Gasteiger partial charge in [0.25, 0.3) is 5.91 Å². The lowest BCUT2D eigenvalue weighted by atomic mass is 9.84. The minimum atomic E-state index is -1.01. The second-order valence-corrected chi connectivity index (χ2v) is 8.04. The van der Waals surface area contributed by atoms with Crippen LogP contribution in [0.5, 0.6) is 0 Å². The van der Waals surface area contributed by atoms with Gasteiger partial charge in [-0.05, 0) is 16.7 Å². The van der Waals surface area contributed by atoms with E-state index in [2.05, 4.69) is 0 Å². The van der Waals surface area contributed by atoms with E-state index in [1.165, 1.54) is 18.3 Å². The lowest BCUT2D eigenvalue weighted by molar-refractivity contribution is -0.150. The standard InChI is InChI=1S/C27H26N2O3/c1-32-25(30)24(17-21-11-5-2-6-12-21)29-20-28-27(26(29)31,18-22-13-7-3-8-14-22)19-23-15-9-4-10-16-23/h2-16,20,24H,17-19H2,1H3. The number of carbonyl (C=O) groups is 2. The number of nitrogens with zero attached hydrogens (tertiary/aromatic N) is 2. The van der Waals surface area contributed by atoms with E-state index >= 15 is 0 Å². The molecule has 5 heteroatoms. The molecule has 3 aromatic carbocycles. The number of benzene rings is 3. The predicted molar refractivity (Wildman–Crippen MR) is 124 cm³/mol. The minimum Gasteiger partial charge on any atom is -0.467 e. The van der Waals surface area contributed by atoms with Crippen LogP contribution >= 0.6 is 0 Å². The van der Waals surface area contributed by atoms with Crippen molar-refractivity contribution in [3.8, 4) is 0 Å². The summed E-state index contributed by atoms with van der Waals surface area (Å²) >= 11 is 0. The van der Waals surface area contributed by atoms with Crippen LogP contribution in [0.4, 0.5) is 0 Å². The van der Waals surface area contributed by atoms with Crippen LogP contribution in [0.3, 0.4) is 0 Å². The van der Waals surface area contributed by atoms with Gasteiger partial charge in [0, 0.05) is 19.3 Å². The zero-order valence-electron chi connectivity index (χ0n) is 18.1. The summed E-state index contributed by atoms with van der Waals surface area (Å²) < 4.78 is 5.06. The minimum absolute atomic E-state index is 0.184. The van der Waals surface area contributed by atoms with E-state index in [0.717, 1.165) is 16.7 Å². The van der Waals surface area contributed by atoms with Crippen LogP contribution in [-0.2, 0) is 33.6 Å². The number of methoxy groups -OCH3 is 1. The molecule has 1 aliphatic heterocycles. The van der Waals surface area contributed by atoms with E-state index in [0.29, 0.717) is 19.3 Å². The Kier molecular flexibility index (Phi) is 6.45. The molecule has 32 heavy (non-hydrogen) atoms. The molecule has 0 radical (unpaired) electrons. The maximum absolute atomic E-state index is 13.9. The highest BCUT2D eigenvalue weighted by atomic mass is 16.5. The number of hydrogen-bond donors (Lipinski definition) is 0. The number of amides is 1. The van der Waals surface area contributed by atoms with Crippen molar-refractivity contribution in [3.63, 3.8) is 0 Å². The lowest BCUT2D eigenvalue weighted by Gasteiger charge is -2.29. The highest BCUT2D eigenvalue weighted by molar-refractivity contribution is 6.03. The van der Waals surface area contributed by atoms with Crippen LogP contribution in [0.2, 0.25) is 0 Å². The first-order valence-corrected chi connectivity index (χ1v) is 10.7. The first kappa shape index (κ1) is 21.5. The summed E-state index contributed by atoms with van der Waals surface area (Å²) in [7, 11) is 1.35. The Labute approximate surface area is 188 Å². The first-order valence-electron chi connectivity index (χ1n) is 10.7. The summed E-state index contributed by atoms with van der Waals surface area (Å²) in [6.07, 6.45) is 2.79. The molecule has 0 saturated carbocycles. The first-order chi connectivity index (χ1) is 15.6. The Morgan fingerprint density at radius 2 is 1.31 bits per heavy atom. The maximum atomic E-state index is 13.9. The van der Waals surface area contributed by atoms with Crippen LogP contribution < -0.4 is 0 Å². The molecule has 1 aliphatic rings. The topological polar surface area (TPSA) is 59.0 Å². The van der Waals surface area contributed by atoms with Crippen molar-refractivity contribution in [2.24, 2.45) is 4.99 Å². The number of esters is 1. The van der Waals surface area contributed by atoms with E-state index in [4.69, 9.17) is 9.73 Å². The molecule has 4 rings (SSSR count). The van der Waals surface area contributed by atoms with Gasteiger partial charge in [-0.15, -0.1) is 0 Å². The third-order valence-electron chi connectivity index (χ3n) is 5.82. The molecule has 0 saturated heterocycles. The van der Waals surface area contributed by atoms with Crippen LogP contribution in [0, 0.1) is 0 Å². The van der Waals surface area contributed by atoms with Crippen molar-refractivity contribution in [2.45, 2.75) is 30.8 Å². The fraction of sp³-hybridized carbons (Fsp3) is 0.222. The summed E-state index contributed by atoms with van der Waals surface area (Å²) in [5.41, 5.74) is 1.99. The molecule has 0 aromatic heterocycles. The number of carbonyl (C=O) groups excluding carboxylic acids is 2. The second kappa shape index (κ2) is 9.60. The third kappa shape index (κ3) is 4.62. The van der Waals surface area contributed by atoms with Crippen molar-refractivity contribution in [3.05, 3.63) is 108 Å².